The molecular weight excluding hydrogens is 392 g/mol. The van der Waals surface area contributed by atoms with Crippen molar-refractivity contribution in [3.05, 3.63) is 29.8 Å². The summed E-state index contributed by atoms with van der Waals surface area (Å²) < 4.78 is 5.71. The lowest BCUT2D eigenvalue weighted by Gasteiger charge is -2.37. The van der Waals surface area contributed by atoms with Crippen LogP contribution in [0.4, 0.5) is 0 Å². The Morgan fingerprint density at radius 3 is 1.97 bits per heavy atom. The van der Waals surface area contributed by atoms with Crippen molar-refractivity contribution in [2.45, 2.75) is 123 Å². The zero-order valence-corrected chi connectivity index (χ0v) is 21.0. The van der Waals surface area contributed by atoms with E-state index in [1.165, 1.54) is 89.0 Å². The molecule has 32 heavy (non-hydrogen) atoms. The highest BCUT2D eigenvalue weighted by atomic mass is 16.5. The molecule has 0 atom stereocenters. The SMILES string of the molecule is CCCCCCCCC1CCC(C2CCC(C(=O)Oc3ccc(CCC)cc3)CC2)CC1. The van der Waals surface area contributed by atoms with Gasteiger partial charge in [0.15, 0.2) is 0 Å². The first-order valence-corrected chi connectivity index (χ1v) is 14.0. The zero-order chi connectivity index (χ0) is 22.6. The van der Waals surface area contributed by atoms with Crippen molar-refractivity contribution in [1.82, 2.24) is 0 Å². The first-order chi connectivity index (χ1) is 15.7. The fourth-order valence-electron chi connectivity index (χ4n) is 6.20. The van der Waals surface area contributed by atoms with Crippen LogP contribution in [0.5, 0.6) is 5.75 Å². The van der Waals surface area contributed by atoms with Gasteiger partial charge >= 0.3 is 5.97 Å². The molecule has 2 saturated carbocycles. The van der Waals surface area contributed by atoms with Crippen LogP contribution in [-0.4, -0.2) is 5.97 Å². The second-order valence-corrected chi connectivity index (χ2v) is 10.8. The molecule has 0 radical (unpaired) electrons. The Morgan fingerprint density at radius 2 is 1.34 bits per heavy atom. The van der Waals surface area contributed by atoms with Crippen molar-refractivity contribution in [2.75, 3.05) is 0 Å². The lowest BCUT2D eigenvalue weighted by atomic mass is 9.68. The van der Waals surface area contributed by atoms with Crippen molar-refractivity contribution < 1.29 is 9.53 Å². The molecule has 0 unspecified atom stereocenters. The van der Waals surface area contributed by atoms with Gasteiger partial charge in [0.25, 0.3) is 0 Å². The van der Waals surface area contributed by atoms with Crippen molar-refractivity contribution in [3.8, 4) is 5.75 Å². The molecule has 2 aliphatic carbocycles. The van der Waals surface area contributed by atoms with E-state index in [2.05, 4.69) is 26.0 Å². The van der Waals surface area contributed by atoms with E-state index in [9.17, 15) is 4.79 Å². The summed E-state index contributed by atoms with van der Waals surface area (Å²) in [5, 5.41) is 0. The molecule has 0 heterocycles. The normalized spacial score (nSPS) is 26.1. The molecule has 2 aliphatic rings. The molecule has 0 saturated heterocycles. The van der Waals surface area contributed by atoms with Gasteiger partial charge in [-0.15, -0.1) is 0 Å². The molecule has 3 rings (SSSR count). The maximum Gasteiger partial charge on any atom is 0.314 e. The van der Waals surface area contributed by atoms with Gasteiger partial charge in [-0.1, -0.05) is 90.2 Å². The Morgan fingerprint density at radius 1 is 0.750 bits per heavy atom. The van der Waals surface area contributed by atoms with Crippen molar-refractivity contribution in [2.24, 2.45) is 23.7 Å². The van der Waals surface area contributed by atoms with E-state index in [4.69, 9.17) is 4.74 Å². The molecular formula is C30H48O2. The zero-order valence-electron chi connectivity index (χ0n) is 21.0. The number of rotatable bonds is 12. The lowest BCUT2D eigenvalue weighted by molar-refractivity contribution is -0.140. The van der Waals surface area contributed by atoms with Crippen LogP contribution in [-0.2, 0) is 11.2 Å². The van der Waals surface area contributed by atoms with E-state index < -0.39 is 0 Å². The maximum absolute atomic E-state index is 12.7. The molecule has 0 N–H and O–H groups in total. The van der Waals surface area contributed by atoms with Gasteiger partial charge in [0.05, 0.1) is 5.92 Å². The minimum absolute atomic E-state index is 0.00524. The molecule has 2 heteroatoms. The van der Waals surface area contributed by atoms with Gasteiger partial charge in [0, 0.05) is 0 Å². The second kappa shape index (κ2) is 14.1. The van der Waals surface area contributed by atoms with E-state index in [0.29, 0.717) is 5.75 Å². The van der Waals surface area contributed by atoms with Gasteiger partial charge in [0.2, 0.25) is 0 Å². The highest BCUT2D eigenvalue weighted by Gasteiger charge is 2.33. The molecule has 0 bridgehead atoms. The summed E-state index contributed by atoms with van der Waals surface area (Å²) in [5.74, 6) is 3.56. The topological polar surface area (TPSA) is 26.3 Å². The van der Waals surface area contributed by atoms with Crippen LogP contribution in [0.15, 0.2) is 24.3 Å². The Hall–Kier alpha value is -1.31. The number of hydrogen-bond acceptors (Lipinski definition) is 2. The van der Waals surface area contributed by atoms with Crippen LogP contribution in [0.3, 0.4) is 0 Å². The fraction of sp³-hybridized carbons (Fsp3) is 0.767. The Labute approximate surface area is 197 Å². The van der Waals surface area contributed by atoms with Crippen LogP contribution in [0.2, 0.25) is 0 Å². The summed E-state index contributed by atoms with van der Waals surface area (Å²) in [4.78, 5) is 12.7. The molecule has 0 spiro atoms. The monoisotopic (exact) mass is 440 g/mol. The molecule has 0 aliphatic heterocycles. The lowest BCUT2D eigenvalue weighted by Crippen LogP contribution is -2.30. The minimum Gasteiger partial charge on any atom is -0.426 e. The molecule has 0 amide bonds. The molecule has 2 fully saturated rings. The number of carbonyl (C=O) groups excluding carboxylic acids is 1. The van der Waals surface area contributed by atoms with E-state index in [1.807, 2.05) is 12.1 Å². The molecule has 2 nitrogen and oxygen atoms in total. The predicted molar refractivity (Wildman–Crippen MR) is 135 cm³/mol. The number of carbonyl (C=O) groups is 1. The molecule has 1 aromatic rings. The van der Waals surface area contributed by atoms with Gasteiger partial charge in [-0.2, -0.15) is 0 Å². The summed E-state index contributed by atoms with van der Waals surface area (Å²) in [6.07, 6.45) is 22.5. The third-order valence-corrected chi connectivity index (χ3v) is 8.31. The average Bonchev–Trinajstić information content (AvgIpc) is 2.83. The summed E-state index contributed by atoms with van der Waals surface area (Å²) in [6, 6.07) is 8.09. The summed E-state index contributed by atoms with van der Waals surface area (Å²) in [6.45, 7) is 4.48. The van der Waals surface area contributed by atoms with Crippen LogP contribution in [0.25, 0.3) is 0 Å². The standard InChI is InChI=1S/C30H48O2/c1-3-5-6-7-8-9-11-25-12-16-26(17-13-25)27-18-20-28(21-19-27)30(31)32-29-22-14-24(10-4-2)15-23-29/h14-15,22-23,25-28H,3-13,16-21H2,1-2H3. The van der Waals surface area contributed by atoms with E-state index >= 15 is 0 Å². The molecule has 180 valence electrons. The Bertz CT molecular complexity index is 633. The first-order valence-electron chi connectivity index (χ1n) is 14.0. The van der Waals surface area contributed by atoms with Gasteiger partial charge in [-0.05, 0) is 80.4 Å². The van der Waals surface area contributed by atoms with Crippen molar-refractivity contribution in [3.63, 3.8) is 0 Å². The fourth-order valence-corrected chi connectivity index (χ4v) is 6.20. The van der Waals surface area contributed by atoms with E-state index in [-0.39, 0.29) is 11.9 Å². The van der Waals surface area contributed by atoms with Gasteiger partial charge in [-0.3, -0.25) is 4.79 Å². The van der Waals surface area contributed by atoms with Gasteiger partial charge in [0.1, 0.15) is 5.75 Å². The Balaban J connectivity index is 1.30. The number of hydrogen-bond donors (Lipinski definition) is 0. The maximum atomic E-state index is 12.7. The van der Waals surface area contributed by atoms with Crippen LogP contribution in [0.1, 0.15) is 122 Å². The summed E-state index contributed by atoms with van der Waals surface area (Å²) in [5.41, 5.74) is 1.31. The van der Waals surface area contributed by atoms with Crippen LogP contribution in [0, 0.1) is 23.7 Å². The second-order valence-electron chi connectivity index (χ2n) is 10.8. The van der Waals surface area contributed by atoms with E-state index in [0.717, 1.165) is 43.4 Å². The van der Waals surface area contributed by atoms with Gasteiger partial charge in [-0.25, -0.2) is 0 Å². The first kappa shape index (κ1) is 25.3. The van der Waals surface area contributed by atoms with Crippen molar-refractivity contribution >= 4 is 5.97 Å². The van der Waals surface area contributed by atoms with Gasteiger partial charge < -0.3 is 4.74 Å². The highest BCUT2D eigenvalue weighted by molar-refractivity contribution is 5.75. The minimum atomic E-state index is -0.00524. The number of unbranched alkanes of at least 4 members (excludes halogenated alkanes) is 5. The third-order valence-electron chi connectivity index (χ3n) is 8.31. The third kappa shape index (κ3) is 8.23. The number of esters is 1. The number of ether oxygens (including phenoxy) is 1. The summed E-state index contributed by atoms with van der Waals surface area (Å²) >= 11 is 0. The summed E-state index contributed by atoms with van der Waals surface area (Å²) in [7, 11) is 0. The molecule has 0 aromatic heterocycles. The highest BCUT2D eigenvalue weighted by Crippen LogP contribution is 2.42. The quantitative estimate of drug-likeness (QED) is 0.184. The van der Waals surface area contributed by atoms with Crippen LogP contribution >= 0.6 is 0 Å². The molecule has 1 aromatic carbocycles. The van der Waals surface area contributed by atoms with Crippen molar-refractivity contribution in [1.29, 1.82) is 0 Å². The predicted octanol–water partition coefficient (Wildman–Crippen LogP) is 8.91. The number of aryl methyl sites for hydroxylation is 1. The smallest absolute Gasteiger partial charge is 0.314 e. The van der Waals surface area contributed by atoms with Crippen LogP contribution < -0.4 is 4.74 Å². The van der Waals surface area contributed by atoms with E-state index in [1.54, 1.807) is 0 Å². The largest absolute Gasteiger partial charge is 0.426 e. The number of benzene rings is 1. The Kier molecular flexibility index (Phi) is 11.1. The average molecular weight is 441 g/mol.